The number of nitrogens with zero attached hydrogens (tertiary/aromatic N) is 1. The number of amides is 1. The van der Waals surface area contributed by atoms with Crippen LogP contribution in [0.4, 0.5) is 4.79 Å². The molecule has 11 atom stereocenters. The quantitative estimate of drug-likeness (QED) is 0.391. The standard InChI is InChI=1S/C31H54N2O6S/c1-7-21-25-16-20(34)10-13-31(25,6)24-11-14-30(5)22(8-9-23(30)26(24)27(21)35)19(2)12-15-39-28(36)32-40(37,38)33-17-29(3,4)18-33/h19-27,34-35H,7-18H2,1-6H3,(H,32,36)/t19-,20-,21-,22-,23+,24+,25?,26?,27-,30?,31+/m1/s1. The molecule has 3 unspecified atom stereocenters. The van der Waals surface area contributed by atoms with Gasteiger partial charge in [0.25, 0.3) is 0 Å². The molecular weight excluding hydrogens is 528 g/mol. The second-order valence-corrected chi connectivity index (χ2v) is 17.2. The van der Waals surface area contributed by atoms with Crippen LogP contribution in [0.5, 0.6) is 0 Å². The number of aliphatic hydroxyl groups excluding tert-OH is 2. The van der Waals surface area contributed by atoms with E-state index in [4.69, 9.17) is 4.74 Å². The molecule has 0 aromatic heterocycles. The summed E-state index contributed by atoms with van der Waals surface area (Å²) in [5, 5.41) is 22.4. The lowest BCUT2D eigenvalue weighted by molar-refractivity contribution is -0.203. The highest BCUT2D eigenvalue weighted by atomic mass is 32.2. The zero-order valence-electron chi connectivity index (χ0n) is 25.6. The first-order valence-electron chi connectivity index (χ1n) is 15.9. The van der Waals surface area contributed by atoms with Gasteiger partial charge in [-0.2, -0.15) is 12.7 Å². The van der Waals surface area contributed by atoms with E-state index in [0.29, 0.717) is 55.0 Å². The van der Waals surface area contributed by atoms with Crippen molar-refractivity contribution in [2.75, 3.05) is 19.7 Å². The van der Waals surface area contributed by atoms with Crippen molar-refractivity contribution in [3.8, 4) is 0 Å². The summed E-state index contributed by atoms with van der Waals surface area (Å²) in [6.45, 7) is 14.3. The third-order valence-corrected chi connectivity index (χ3v) is 14.1. The van der Waals surface area contributed by atoms with Crippen LogP contribution in [0.15, 0.2) is 0 Å². The van der Waals surface area contributed by atoms with E-state index in [-0.39, 0.29) is 41.0 Å². The number of nitrogens with one attached hydrogen (secondary N) is 1. The van der Waals surface area contributed by atoms with Crippen molar-refractivity contribution in [1.29, 1.82) is 0 Å². The molecule has 0 aromatic rings. The third kappa shape index (κ3) is 5.13. The Hall–Kier alpha value is -0.900. The number of fused-ring (bicyclic) bond motifs is 5. The zero-order valence-corrected chi connectivity index (χ0v) is 26.4. The van der Waals surface area contributed by atoms with Gasteiger partial charge in [0, 0.05) is 13.1 Å². The maximum absolute atomic E-state index is 12.4. The summed E-state index contributed by atoms with van der Waals surface area (Å²) >= 11 is 0. The fourth-order valence-corrected chi connectivity index (χ4v) is 12.2. The molecular formula is C31H54N2O6S. The largest absolute Gasteiger partial charge is 0.449 e. The van der Waals surface area contributed by atoms with Gasteiger partial charge in [-0.05, 0) is 109 Å². The number of rotatable bonds is 7. The van der Waals surface area contributed by atoms with Crippen LogP contribution in [0.25, 0.3) is 0 Å². The number of ether oxygens (including phenoxy) is 1. The highest BCUT2D eigenvalue weighted by molar-refractivity contribution is 7.87. The highest BCUT2D eigenvalue weighted by Gasteiger charge is 2.64. The van der Waals surface area contributed by atoms with E-state index in [9.17, 15) is 23.4 Å². The predicted octanol–water partition coefficient (Wildman–Crippen LogP) is 4.95. The van der Waals surface area contributed by atoms with E-state index >= 15 is 0 Å². The normalized spacial score (nSPS) is 45.4. The molecule has 4 saturated carbocycles. The van der Waals surface area contributed by atoms with E-state index in [1.54, 1.807) is 0 Å². The van der Waals surface area contributed by atoms with Crippen LogP contribution in [0, 0.1) is 57.7 Å². The minimum Gasteiger partial charge on any atom is -0.449 e. The Morgan fingerprint density at radius 2 is 1.65 bits per heavy atom. The summed E-state index contributed by atoms with van der Waals surface area (Å²) in [5.41, 5.74) is 0.279. The molecule has 5 rings (SSSR count). The Morgan fingerprint density at radius 3 is 2.30 bits per heavy atom. The smallest absolute Gasteiger partial charge is 0.421 e. The molecule has 9 heteroatoms. The zero-order chi connectivity index (χ0) is 29.3. The van der Waals surface area contributed by atoms with E-state index in [1.807, 2.05) is 13.8 Å². The number of hydrogen-bond acceptors (Lipinski definition) is 6. The summed E-state index contributed by atoms with van der Waals surface area (Å²) in [6, 6.07) is 0. The summed E-state index contributed by atoms with van der Waals surface area (Å²) in [6.07, 6.45) is 7.58. The molecule has 1 amide bonds. The van der Waals surface area contributed by atoms with Gasteiger partial charge < -0.3 is 14.9 Å². The number of carbonyl (C=O) groups is 1. The van der Waals surface area contributed by atoms with Crippen LogP contribution >= 0.6 is 0 Å². The monoisotopic (exact) mass is 582 g/mol. The summed E-state index contributed by atoms with van der Waals surface area (Å²) < 4.78 is 33.5. The average Bonchev–Trinajstić information content (AvgIpc) is 3.20. The number of hydrogen-bond donors (Lipinski definition) is 3. The topological polar surface area (TPSA) is 116 Å². The van der Waals surface area contributed by atoms with E-state index < -0.39 is 16.3 Å². The molecule has 0 spiro atoms. The van der Waals surface area contributed by atoms with E-state index in [0.717, 1.165) is 51.4 Å². The van der Waals surface area contributed by atoms with Gasteiger partial charge in [0.15, 0.2) is 0 Å². The van der Waals surface area contributed by atoms with Crippen molar-refractivity contribution in [1.82, 2.24) is 9.03 Å². The highest BCUT2D eigenvalue weighted by Crippen LogP contribution is 2.69. The fraction of sp³-hybridized carbons (Fsp3) is 0.968. The van der Waals surface area contributed by atoms with Crippen LogP contribution in [-0.4, -0.2) is 60.9 Å². The Bertz CT molecular complexity index is 1060. The predicted molar refractivity (Wildman–Crippen MR) is 154 cm³/mol. The van der Waals surface area contributed by atoms with Crippen LogP contribution in [-0.2, 0) is 14.9 Å². The third-order valence-electron chi connectivity index (χ3n) is 12.7. The first-order chi connectivity index (χ1) is 18.6. The molecule has 1 saturated heterocycles. The van der Waals surface area contributed by atoms with Crippen LogP contribution in [0.2, 0.25) is 0 Å². The molecule has 4 aliphatic carbocycles. The van der Waals surface area contributed by atoms with Crippen molar-refractivity contribution < 1.29 is 28.2 Å². The van der Waals surface area contributed by atoms with E-state index in [1.165, 1.54) is 4.31 Å². The molecule has 40 heavy (non-hydrogen) atoms. The maximum Gasteiger partial charge on any atom is 0.421 e. The van der Waals surface area contributed by atoms with Crippen molar-refractivity contribution >= 4 is 16.3 Å². The SMILES string of the molecule is CC[C@@H]1C2C[C@H](O)CC[C@@]2(C)[C@H]2CCC3(C)[C@@H]([C@H](C)CCOC(=O)NS(=O)(=O)N4CC(C)(C)C4)CC[C@H]3C2[C@@H]1O. The van der Waals surface area contributed by atoms with Crippen molar-refractivity contribution in [2.24, 2.45) is 57.7 Å². The molecule has 1 heterocycles. The molecule has 230 valence electrons. The van der Waals surface area contributed by atoms with Gasteiger partial charge in [0.2, 0.25) is 0 Å². The molecule has 0 radical (unpaired) electrons. The Labute approximate surface area is 242 Å². The lowest BCUT2D eigenvalue weighted by Crippen LogP contribution is -2.62. The summed E-state index contributed by atoms with van der Waals surface area (Å²) in [4.78, 5) is 12.3. The Morgan fingerprint density at radius 1 is 1.00 bits per heavy atom. The fourth-order valence-electron chi connectivity index (χ4n) is 10.7. The molecule has 1 aliphatic heterocycles. The second-order valence-electron chi connectivity index (χ2n) is 15.6. The van der Waals surface area contributed by atoms with Crippen molar-refractivity contribution in [2.45, 2.75) is 112 Å². The molecule has 0 aromatic carbocycles. The lowest BCUT2D eigenvalue weighted by atomic mass is 9.41. The molecule has 3 N–H and O–H groups in total. The average molecular weight is 583 g/mol. The Kier molecular flexibility index (Phi) is 8.15. The van der Waals surface area contributed by atoms with Gasteiger partial charge in [-0.15, -0.1) is 0 Å². The summed E-state index contributed by atoms with van der Waals surface area (Å²) in [7, 11) is -3.85. The van der Waals surface area contributed by atoms with E-state index in [2.05, 4.69) is 32.4 Å². The first kappa shape index (κ1) is 30.6. The van der Waals surface area contributed by atoms with Crippen molar-refractivity contribution in [3.05, 3.63) is 0 Å². The van der Waals surface area contributed by atoms with Gasteiger partial charge in [-0.25, -0.2) is 9.52 Å². The molecule has 5 aliphatic rings. The second kappa shape index (κ2) is 10.7. The van der Waals surface area contributed by atoms with Crippen molar-refractivity contribution in [3.63, 3.8) is 0 Å². The first-order valence-corrected chi connectivity index (χ1v) is 17.4. The van der Waals surface area contributed by atoms with Crippen LogP contribution in [0.1, 0.15) is 99.3 Å². The van der Waals surface area contributed by atoms with Crippen LogP contribution < -0.4 is 4.72 Å². The Balaban J connectivity index is 1.20. The minimum absolute atomic E-state index is 0.0636. The van der Waals surface area contributed by atoms with Gasteiger partial charge in [0.05, 0.1) is 18.8 Å². The van der Waals surface area contributed by atoms with Gasteiger partial charge in [-0.1, -0.05) is 48.0 Å². The minimum atomic E-state index is -3.85. The molecule has 0 bridgehead atoms. The van der Waals surface area contributed by atoms with Gasteiger partial charge >= 0.3 is 16.3 Å². The van der Waals surface area contributed by atoms with Crippen LogP contribution in [0.3, 0.4) is 0 Å². The summed E-state index contributed by atoms with van der Waals surface area (Å²) in [5.74, 6) is 2.80. The van der Waals surface area contributed by atoms with Gasteiger partial charge in [-0.3, -0.25) is 0 Å². The lowest BCUT2D eigenvalue weighted by Gasteiger charge is -2.64. The maximum atomic E-state index is 12.4. The molecule has 5 fully saturated rings. The number of carbonyl (C=O) groups excluding carboxylic acids is 1. The van der Waals surface area contributed by atoms with Gasteiger partial charge in [0.1, 0.15) is 0 Å². The molecule has 8 nitrogen and oxygen atoms in total. The number of aliphatic hydroxyl groups is 2.